The summed E-state index contributed by atoms with van der Waals surface area (Å²) in [6.07, 6.45) is 0. The lowest BCUT2D eigenvalue weighted by Gasteiger charge is -2.15. The van der Waals surface area contributed by atoms with Crippen molar-refractivity contribution >= 4 is 64.6 Å². The summed E-state index contributed by atoms with van der Waals surface area (Å²) in [5.74, 6) is 0. The molecule has 0 aliphatic rings. The molecule has 0 fully saturated rings. The Morgan fingerprint density at radius 2 is 2.06 bits per heavy atom. The Morgan fingerprint density at radius 1 is 1.33 bits per heavy atom. The summed E-state index contributed by atoms with van der Waals surface area (Å²) >= 11 is 9.39. The average molecular weight is 431 g/mol. The molecule has 0 bridgehead atoms. The van der Waals surface area contributed by atoms with Crippen LogP contribution < -0.4 is 0 Å². The Labute approximate surface area is 131 Å². The van der Waals surface area contributed by atoms with Crippen molar-refractivity contribution in [3.8, 4) is 0 Å². The lowest BCUT2D eigenvalue weighted by Crippen LogP contribution is -2.25. The van der Waals surface area contributed by atoms with Crippen molar-refractivity contribution in [3.63, 3.8) is 0 Å². The third-order valence-corrected chi connectivity index (χ3v) is 8.26. The second-order valence-corrected chi connectivity index (χ2v) is 9.88. The van der Waals surface area contributed by atoms with Crippen molar-refractivity contribution in [3.05, 3.63) is 36.7 Å². The molecule has 18 heavy (non-hydrogen) atoms. The van der Waals surface area contributed by atoms with Crippen molar-refractivity contribution in [1.82, 2.24) is 4.31 Å². The Balaban J connectivity index is 2.23. The molecule has 2 aromatic heterocycles. The summed E-state index contributed by atoms with van der Waals surface area (Å²) in [4.78, 5) is 0. The third kappa shape index (κ3) is 3.05. The van der Waals surface area contributed by atoms with E-state index in [1.165, 1.54) is 15.6 Å². The highest BCUT2D eigenvalue weighted by Gasteiger charge is 2.24. The Bertz CT molecular complexity index is 648. The SMILES string of the molecule is CN(Cc1csc(Br)c1)S(=O)(=O)c1sccc1Br. The first-order valence-electron chi connectivity index (χ1n) is 4.83. The summed E-state index contributed by atoms with van der Waals surface area (Å²) in [6, 6.07) is 3.67. The fourth-order valence-corrected chi connectivity index (χ4v) is 6.24. The van der Waals surface area contributed by atoms with Crippen LogP contribution in [-0.4, -0.2) is 19.8 Å². The van der Waals surface area contributed by atoms with Gasteiger partial charge in [0, 0.05) is 18.1 Å². The van der Waals surface area contributed by atoms with Crippen molar-refractivity contribution in [2.45, 2.75) is 10.8 Å². The normalized spacial score (nSPS) is 12.2. The molecule has 0 atom stereocenters. The molecule has 0 aliphatic carbocycles. The number of thiophene rings is 2. The van der Waals surface area contributed by atoms with Crippen LogP contribution in [0.3, 0.4) is 0 Å². The quantitative estimate of drug-likeness (QED) is 0.730. The molecule has 0 aromatic carbocycles. The van der Waals surface area contributed by atoms with E-state index in [2.05, 4.69) is 31.9 Å². The zero-order valence-electron chi connectivity index (χ0n) is 9.26. The van der Waals surface area contributed by atoms with Crippen LogP contribution in [0.15, 0.2) is 35.4 Å². The second-order valence-electron chi connectivity index (χ2n) is 3.58. The van der Waals surface area contributed by atoms with Gasteiger partial charge in [-0.25, -0.2) is 8.42 Å². The third-order valence-electron chi connectivity index (χ3n) is 2.26. The van der Waals surface area contributed by atoms with Gasteiger partial charge in [-0.2, -0.15) is 4.31 Å². The molecule has 3 nitrogen and oxygen atoms in total. The first-order valence-corrected chi connectivity index (χ1v) is 9.62. The van der Waals surface area contributed by atoms with E-state index < -0.39 is 10.0 Å². The Hall–Kier alpha value is 0.270. The molecule has 0 saturated carbocycles. The molecule has 2 heterocycles. The van der Waals surface area contributed by atoms with Crippen LogP contribution in [0.25, 0.3) is 0 Å². The van der Waals surface area contributed by atoms with Crippen molar-refractivity contribution in [2.24, 2.45) is 0 Å². The zero-order chi connectivity index (χ0) is 13.3. The summed E-state index contributed by atoms with van der Waals surface area (Å²) < 4.78 is 28.0. The van der Waals surface area contributed by atoms with Crippen LogP contribution in [0.5, 0.6) is 0 Å². The van der Waals surface area contributed by atoms with Gasteiger partial charge in [0.05, 0.1) is 3.79 Å². The standard InChI is InChI=1S/C10H9Br2NO2S3/c1-13(5-7-4-9(12)17-6-7)18(14,15)10-8(11)2-3-16-10/h2-4,6H,5H2,1H3. The van der Waals surface area contributed by atoms with E-state index in [1.54, 1.807) is 29.8 Å². The van der Waals surface area contributed by atoms with Gasteiger partial charge in [-0.1, -0.05) is 0 Å². The van der Waals surface area contributed by atoms with Gasteiger partial charge in [-0.3, -0.25) is 0 Å². The minimum absolute atomic E-state index is 0.347. The topological polar surface area (TPSA) is 37.4 Å². The van der Waals surface area contributed by atoms with Gasteiger partial charge in [0.1, 0.15) is 4.21 Å². The smallest absolute Gasteiger partial charge is 0.206 e. The van der Waals surface area contributed by atoms with E-state index >= 15 is 0 Å². The highest BCUT2D eigenvalue weighted by molar-refractivity contribution is 9.11. The van der Waals surface area contributed by atoms with Crippen LogP contribution in [0.4, 0.5) is 0 Å². The lowest BCUT2D eigenvalue weighted by atomic mass is 10.3. The van der Waals surface area contributed by atoms with E-state index in [4.69, 9.17) is 0 Å². The van der Waals surface area contributed by atoms with Crippen molar-refractivity contribution < 1.29 is 8.42 Å². The van der Waals surface area contributed by atoms with Crippen LogP contribution >= 0.6 is 54.5 Å². The molecule has 0 unspecified atom stereocenters. The minimum atomic E-state index is -3.42. The maximum Gasteiger partial charge on any atom is 0.253 e. The molecule has 98 valence electrons. The summed E-state index contributed by atoms with van der Waals surface area (Å²) in [5.41, 5.74) is 0.977. The Morgan fingerprint density at radius 3 is 2.56 bits per heavy atom. The molecule has 2 aromatic rings. The van der Waals surface area contributed by atoms with Crippen LogP contribution in [0.2, 0.25) is 0 Å². The molecule has 8 heteroatoms. The first kappa shape index (κ1) is 14.7. The maximum absolute atomic E-state index is 12.3. The summed E-state index contributed by atoms with van der Waals surface area (Å²) in [5, 5.41) is 3.70. The van der Waals surface area contributed by atoms with E-state index in [1.807, 2.05) is 11.4 Å². The zero-order valence-corrected chi connectivity index (χ0v) is 14.9. The molecule has 0 N–H and O–H groups in total. The highest BCUT2D eigenvalue weighted by Crippen LogP contribution is 2.31. The summed E-state index contributed by atoms with van der Waals surface area (Å²) in [7, 11) is -1.83. The number of nitrogens with zero attached hydrogens (tertiary/aromatic N) is 1. The van der Waals surface area contributed by atoms with Gasteiger partial charge in [0.2, 0.25) is 0 Å². The number of sulfonamides is 1. The maximum atomic E-state index is 12.3. The minimum Gasteiger partial charge on any atom is -0.206 e. The monoisotopic (exact) mass is 429 g/mol. The van der Waals surface area contributed by atoms with Crippen molar-refractivity contribution in [1.29, 1.82) is 0 Å². The molecule has 0 saturated heterocycles. The highest BCUT2D eigenvalue weighted by atomic mass is 79.9. The Kier molecular flexibility index (Phi) is 4.66. The van der Waals surface area contributed by atoms with E-state index in [0.29, 0.717) is 15.2 Å². The van der Waals surface area contributed by atoms with Gasteiger partial charge in [0.25, 0.3) is 10.0 Å². The first-order chi connectivity index (χ1) is 8.41. The fraction of sp³-hybridized carbons (Fsp3) is 0.200. The molecule has 2 rings (SSSR count). The van der Waals surface area contributed by atoms with Crippen LogP contribution in [0, 0.1) is 0 Å². The van der Waals surface area contributed by atoms with Gasteiger partial charge < -0.3 is 0 Å². The molecule has 0 radical (unpaired) electrons. The molecular formula is C10H9Br2NO2S3. The summed E-state index contributed by atoms with van der Waals surface area (Å²) in [6.45, 7) is 0.370. The number of halogens is 2. The predicted octanol–water partition coefficient (Wildman–Crippen LogP) is 4.16. The second kappa shape index (κ2) is 5.72. The average Bonchev–Trinajstić information content (AvgIpc) is 2.87. The number of hydrogen-bond acceptors (Lipinski definition) is 4. The van der Waals surface area contributed by atoms with Gasteiger partial charge >= 0.3 is 0 Å². The molecule has 0 aliphatic heterocycles. The van der Waals surface area contributed by atoms with Gasteiger partial charge in [-0.05, 0) is 60.3 Å². The van der Waals surface area contributed by atoms with Crippen LogP contribution in [-0.2, 0) is 16.6 Å². The lowest BCUT2D eigenvalue weighted by molar-refractivity contribution is 0.468. The van der Waals surface area contributed by atoms with Crippen LogP contribution in [0.1, 0.15) is 5.56 Å². The van der Waals surface area contributed by atoms with E-state index in [9.17, 15) is 8.42 Å². The van der Waals surface area contributed by atoms with E-state index in [0.717, 1.165) is 9.35 Å². The van der Waals surface area contributed by atoms with Gasteiger partial charge in [0.15, 0.2) is 0 Å². The predicted molar refractivity (Wildman–Crippen MR) is 82.7 cm³/mol. The molecular weight excluding hydrogens is 422 g/mol. The van der Waals surface area contributed by atoms with E-state index in [-0.39, 0.29) is 0 Å². The molecule has 0 amide bonds. The van der Waals surface area contributed by atoms with Crippen molar-refractivity contribution in [2.75, 3.05) is 7.05 Å². The molecule has 0 spiro atoms. The largest absolute Gasteiger partial charge is 0.253 e. The van der Waals surface area contributed by atoms with Gasteiger partial charge in [-0.15, -0.1) is 22.7 Å². The number of hydrogen-bond donors (Lipinski definition) is 0. The number of rotatable bonds is 4. The fourth-order valence-electron chi connectivity index (χ4n) is 1.38.